The van der Waals surface area contributed by atoms with Crippen molar-refractivity contribution >= 4 is 0 Å². The average molecular weight is 288 g/mol. The summed E-state index contributed by atoms with van der Waals surface area (Å²) in [6.45, 7) is 2.67. The van der Waals surface area contributed by atoms with Gasteiger partial charge < -0.3 is 9.80 Å². The molecular formula is C15H23F3N2+2. The van der Waals surface area contributed by atoms with E-state index in [0.717, 1.165) is 25.9 Å². The van der Waals surface area contributed by atoms with Crippen LogP contribution in [0.3, 0.4) is 0 Å². The van der Waals surface area contributed by atoms with Crippen LogP contribution in [0.2, 0.25) is 0 Å². The standard InChI is InChI=1S/C15H21F3N2/c1-19-9-7-13(8-10-19)20(2)11-12-5-3-4-6-14(12)15(16,17)18/h3-6,13H,7-11H2,1-2H3/p+2. The summed E-state index contributed by atoms with van der Waals surface area (Å²) < 4.78 is 38.9. The number of piperidine rings is 1. The number of halogens is 3. The summed E-state index contributed by atoms with van der Waals surface area (Å²) in [5.41, 5.74) is -0.0818. The fourth-order valence-corrected chi connectivity index (χ4v) is 3.00. The first kappa shape index (κ1) is 15.3. The second-order valence-corrected chi connectivity index (χ2v) is 5.91. The topological polar surface area (TPSA) is 8.88 Å². The van der Waals surface area contributed by atoms with Crippen molar-refractivity contribution in [2.75, 3.05) is 27.2 Å². The van der Waals surface area contributed by atoms with Crippen LogP contribution >= 0.6 is 0 Å². The summed E-state index contributed by atoms with van der Waals surface area (Å²) in [4.78, 5) is 2.71. The minimum absolute atomic E-state index is 0.406. The first-order chi connectivity index (χ1) is 9.38. The van der Waals surface area contributed by atoms with Crippen LogP contribution in [0, 0.1) is 0 Å². The van der Waals surface area contributed by atoms with Crippen molar-refractivity contribution in [3.8, 4) is 0 Å². The summed E-state index contributed by atoms with van der Waals surface area (Å²) in [6, 6.07) is 6.41. The van der Waals surface area contributed by atoms with Crippen molar-refractivity contribution in [1.29, 1.82) is 0 Å². The molecule has 20 heavy (non-hydrogen) atoms. The van der Waals surface area contributed by atoms with E-state index in [1.54, 1.807) is 12.1 Å². The molecule has 2 nitrogen and oxygen atoms in total. The molecule has 2 N–H and O–H groups in total. The highest BCUT2D eigenvalue weighted by atomic mass is 19.4. The van der Waals surface area contributed by atoms with Gasteiger partial charge in [0.1, 0.15) is 6.54 Å². The highest BCUT2D eigenvalue weighted by Gasteiger charge is 2.34. The van der Waals surface area contributed by atoms with E-state index in [2.05, 4.69) is 7.05 Å². The monoisotopic (exact) mass is 288 g/mol. The molecule has 1 aliphatic rings. The molecule has 1 aromatic carbocycles. The number of rotatable bonds is 3. The zero-order valence-electron chi connectivity index (χ0n) is 12.1. The normalized spacial score (nSPS) is 25.4. The van der Waals surface area contributed by atoms with Crippen LogP contribution in [0.4, 0.5) is 13.2 Å². The molecule has 0 spiro atoms. The highest BCUT2D eigenvalue weighted by molar-refractivity contribution is 5.28. The second kappa shape index (κ2) is 6.14. The van der Waals surface area contributed by atoms with Crippen LogP contribution in [0.25, 0.3) is 0 Å². The predicted molar refractivity (Wildman–Crippen MR) is 71.7 cm³/mol. The van der Waals surface area contributed by atoms with Crippen molar-refractivity contribution in [3.05, 3.63) is 35.4 Å². The van der Waals surface area contributed by atoms with Crippen LogP contribution in [0.1, 0.15) is 24.0 Å². The van der Waals surface area contributed by atoms with Crippen molar-refractivity contribution in [3.63, 3.8) is 0 Å². The molecular weight excluding hydrogens is 265 g/mol. The Balaban J connectivity index is 2.06. The van der Waals surface area contributed by atoms with Gasteiger partial charge in [0.15, 0.2) is 0 Å². The molecule has 0 aromatic heterocycles. The molecule has 0 bridgehead atoms. The third-order valence-electron chi connectivity index (χ3n) is 4.33. The van der Waals surface area contributed by atoms with E-state index in [-0.39, 0.29) is 0 Å². The molecule has 1 atom stereocenters. The molecule has 0 amide bonds. The zero-order chi connectivity index (χ0) is 14.8. The van der Waals surface area contributed by atoms with E-state index < -0.39 is 11.7 Å². The van der Waals surface area contributed by atoms with E-state index in [0.29, 0.717) is 18.2 Å². The fraction of sp³-hybridized carbons (Fsp3) is 0.600. The molecule has 0 saturated carbocycles. The average Bonchev–Trinajstić information content (AvgIpc) is 2.38. The third kappa shape index (κ3) is 3.73. The maximum absolute atomic E-state index is 13.0. The SMILES string of the molecule is C[NH+]1CCC([NH+](C)Cc2ccccc2C(F)(F)F)CC1. The van der Waals surface area contributed by atoms with Crippen molar-refractivity contribution in [2.45, 2.75) is 31.6 Å². The van der Waals surface area contributed by atoms with Gasteiger partial charge in [0, 0.05) is 18.4 Å². The maximum atomic E-state index is 13.0. The summed E-state index contributed by atoms with van der Waals surface area (Å²) in [6.07, 6.45) is -2.08. The van der Waals surface area contributed by atoms with Gasteiger partial charge in [0.05, 0.1) is 38.8 Å². The lowest BCUT2D eigenvalue weighted by molar-refractivity contribution is -0.948. The van der Waals surface area contributed by atoms with Crippen molar-refractivity contribution in [1.82, 2.24) is 0 Å². The Bertz CT molecular complexity index is 437. The Morgan fingerprint density at radius 2 is 1.80 bits per heavy atom. The van der Waals surface area contributed by atoms with Gasteiger partial charge >= 0.3 is 6.18 Å². The lowest BCUT2D eigenvalue weighted by Gasteiger charge is -2.31. The first-order valence-electron chi connectivity index (χ1n) is 7.16. The molecule has 1 saturated heterocycles. The molecule has 2 rings (SSSR count). The molecule has 1 heterocycles. The third-order valence-corrected chi connectivity index (χ3v) is 4.33. The van der Waals surface area contributed by atoms with E-state index in [9.17, 15) is 13.2 Å². The van der Waals surface area contributed by atoms with Gasteiger partial charge in [-0.1, -0.05) is 18.2 Å². The second-order valence-electron chi connectivity index (χ2n) is 5.91. The summed E-state index contributed by atoms with van der Waals surface area (Å²) in [5, 5.41) is 0. The fourth-order valence-electron chi connectivity index (χ4n) is 3.00. The Kier molecular flexibility index (Phi) is 4.70. The number of likely N-dealkylation sites (tertiary alicyclic amines) is 1. The molecule has 112 valence electrons. The van der Waals surface area contributed by atoms with Crippen LogP contribution in [0.15, 0.2) is 24.3 Å². The van der Waals surface area contributed by atoms with Crippen LogP contribution in [-0.4, -0.2) is 33.2 Å². The van der Waals surface area contributed by atoms with Gasteiger partial charge in [-0.05, 0) is 6.07 Å². The molecule has 0 radical (unpaired) electrons. The minimum atomic E-state index is -4.26. The summed E-state index contributed by atoms with van der Waals surface area (Å²) >= 11 is 0. The minimum Gasteiger partial charge on any atom is -0.337 e. The highest BCUT2D eigenvalue weighted by Crippen LogP contribution is 2.31. The van der Waals surface area contributed by atoms with E-state index in [1.807, 2.05) is 7.05 Å². The maximum Gasteiger partial charge on any atom is 0.416 e. The van der Waals surface area contributed by atoms with Gasteiger partial charge in [0.2, 0.25) is 0 Å². The number of nitrogens with one attached hydrogen (secondary N) is 2. The quantitative estimate of drug-likeness (QED) is 0.797. The number of hydrogen-bond donors (Lipinski definition) is 2. The number of benzene rings is 1. The van der Waals surface area contributed by atoms with Crippen LogP contribution in [-0.2, 0) is 12.7 Å². The number of hydrogen-bond acceptors (Lipinski definition) is 0. The van der Waals surface area contributed by atoms with E-state index in [4.69, 9.17) is 0 Å². The number of quaternary nitrogens is 2. The van der Waals surface area contributed by atoms with E-state index in [1.165, 1.54) is 21.9 Å². The van der Waals surface area contributed by atoms with Gasteiger partial charge in [-0.2, -0.15) is 13.2 Å². The molecule has 1 aliphatic heterocycles. The van der Waals surface area contributed by atoms with Gasteiger partial charge in [0.25, 0.3) is 0 Å². The Morgan fingerprint density at radius 3 is 2.40 bits per heavy atom. The summed E-state index contributed by atoms with van der Waals surface area (Å²) in [5.74, 6) is 0. The van der Waals surface area contributed by atoms with Gasteiger partial charge in [-0.15, -0.1) is 0 Å². The Hall–Kier alpha value is -1.07. The Morgan fingerprint density at radius 1 is 1.20 bits per heavy atom. The molecule has 1 unspecified atom stereocenters. The lowest BCUT2D eigenvalue weighted by Crippen LogP contribution is -3.17. The van der Waals surface area contributed by atoms with E-state index >= 15 is 0 Å². The molecule has 5 heteroatoms. The molecule has 1 fully saturated rings. The van der Waals surface area contributed by atoms with Crippen LogP contribution in [0.5, 0.6) is 0 Å². The Labute approximate surface area is 118 Å². The molecule has 0 aliphatic carbocycles. The van der Waals surface area contributed by atoms with Crippen molar-refractivity contribution < 1.29 is 23.0 Å². The van der Waals surface area contributed by atoms with Gasteiger partial charge in [-0.3, -0.25) is 0 Å². The van der Waals surface area contributed by atoms with Gasteiger partial charge in [-0.25, -0.2) is 0 Å². The van der Waals surface area contributed by atoms with Crippen LogP contribution < -0.4 is 9.80 Å². The predicted octanol–water partition coefficient (Wildman–Crippen LogP) is 0.397. The zero-order valence-corrected chi connectivity index (χ0v) is 12.1. The molecule has 1 aromatic rings. The number of alkyl halides is 3. The lowest BCUT2D eigenvalue weighted by atomic mass is 10.0. The summed E-state index contributed by atoms with van der Waals surface area (Å²) in [7, 11) is 4.18. The first-order valence-corrected chi connectivity index (χ1v) is 7.16. The smallest absolute Gasteiger partial charge is 0.337 e. The largest absolute Gasteiger partial charge is 0.416 e. The van der Waals surface area contributed by atoms with Crippen molar-refractivity contribution in [2.24, 2.45) is 0 Å².